The van der Waals surface area contributed by atoms with E-state index in [1.807, 2.05) is 27.7 Å². The van der Waals surface area contributed by atoms with E-state index >= 15 is 0 Å². The van der Waals surface area contributed by atoms with Crippen LogP contribution in [0.15, 0.2) is 24.3 Å². The van der Waals surface area contributed by atoms with Gasteiger partial charge < -0.3 is 26.0 Å². The van der Waals surface area contributed by atoms with Gasteiger partial charge in [-0.2, -0.15) is 0 Å². The lowest BCUT2D eigenvalue weighted by Gasteiger charge is -2.36. The van der Waals surface area contributed by atoms with Crippen molar-refractivity contribution in [1.29, 1.82) is 0 Å². The number of amides is 4. The highest BCUT2D eigenvalue weighted by atomic mass is 16.6. The maximum absolute atomic E-state index is 13.9. The number of rotatable bonds is 10. The van der Waals surface area contributed by atoms with Crippen molar-refractivity contribution in [3.05, 3.63) is 35.4 Å². The van der Waals surface area contributed by atoms with E-state index in [9.17, 15) is 19.2 Å². The molecular formula is C27H40N4O5. The van der Waals surface area contributed by atoms with Crippen LogP contribution in [0.4, 0.5) is 4.79 Å². The van der Waals surface area contributed by atoms with E-state index in [1.54, 1.807) is 45.0 Å². The first-order valence-electron chi connectivity index (χ1n) is 12.1. The molecule has 2 atom stereocenters. The second kappa shape index (κ2) is 13.0. The van der Waals surface area contributed by atoms with Crippen LogP contribution in [0, 0.1) is 12.3 Å². The van der Waals surface area contributed by atoms with Crippen LogP contribution in [-0.4, -0.2) is 52.4 Å². The van der Waals surface area contributed by atoms with E-state index in [-0.39, 0.29) is 6.54 Å². The number of ether oxygens (including phenoxy) is 1. The van der Waals surface area contributed by atoms with E-state index in [0.29, 0.717) is 17.5 Å². The number of primary amides is 1. The molecule has 1 aromatic carbocycles. The van der Waals surface area contributed by atoms with Gasteiger partial charge >= 0.3 is 6.09 Å². The van der Waals surface area contributed by atoms with E-state index in [4.69, 9.17) is 16.9 Å². The Bertz CT molecular complexity index is 985. The minimum Gasteiger partial charge on any atom is -0.444 e. The fraction of sp³-hybridized carbons (Fsp3) is 0.556. The van der Waals surface area contributed by atoms with Crippen LogP contribution in [-0.2, 0) is 19.1 Å². The number of hydrogen-bond acceptors (Lipinski definition) is 5. The first-order valence-corrected chi connectivity index (χ1v) is 12.1. The number of carbonyl (C=O) groups is 4. The second-order valence-corrected chi connectivity index (χ2v) is 10.6. The zero-order valence-electron chi connectivity index (χ0n) is 22.4. The number of benzene rings is 1. The fourth-order valence-corrected chi connectivity index (χ4v) is 3.50. The zero-order chi connectivity index (χ0) is 27.7. The third-order valence-electron chi connectivity index (χ3n) is 4.90. The van der Waals surface area contributed by atoms with Gasteiger partial charge in [-0.15, -0.1) is 6.42 Å². The largest absolute Gasteiger partial charge is 0.444 e. The van der Waals surface area contributed by atoms with Gasteiger partial charge in [0.2, 0.25) is 17.7 Å². The molecule has 0 aliphatic rings. The third kappa shape index (κ3) is 9.98. The van der Waals surface area contributed by atoms with Gasteiger partial charge in [-0.1, -0.05) is 37.5 Å². The molecule has 1 aromatic rings. The Morgan fingerprint density at radius 1 is 1.11 bits per heavy atom. The summed E-state index contributed by atoms with van der Waals surface area (Å²) < 4.78 is 5.28. The molecule has 4 amide bonds. The molecule has 2 unspecified atom stereocenters. The summed E-state index contributed by atoms with van der Waals surface area (Å²) in [5.74, 6) is 0.705. The highest BCUT2D eigenvalue weighted by molar-refractivity contribution is 5.95. The molecule has 0 radical (unpaired) electrons. The predicted molar refractivity (Wildman–Crippen MR) is 139 cm³/mol. The summed E-state index contributed by atoms with van der Waals surface area (Å²) in [6.45, 7) is 12.6. The first kappa shape index (κ1) is 30.5. The van der Waals surface area contributed by atoms with Gasteiger partial charge in [-0.25, -0.2) is 4.79 Å². The summed E-state index contributed by atoms with van der Waals surface area (Å²) in [6.07, 6.45) is 5.68. The molecular weight excluding hydrogens is 460 g/mol. The topological polar surface area (TPSA) is 131 Å². The Kier molecular flexibility index (Phi) is 11.0. The van der Waals surface area contributed by atoms with Crippen molar-refractivity contribution in [2.75, 3.05) is 6.54 Å². The third-order valence-corrected chi connectivity index (χ3v) is 4.90. The molecule has 0 bridgehead atoms. The summed E-state index contributed by atoms with van der Waals surface area (Å²) in [5.41, 5.74) is 4.89. The van der Waals surface area contributed by atoms with Crippen LogP contribution in [0.2, 0.25) is 0 Å². The smallest absolute Gasteiger partial charge is 0.408 e. The van der Waals surface area contributed by atoms with E-state index < -0.39 is 53.5 Å². The molecule has 1 rings (SSSR count). The summed E-state index contributed by atoms with van der Waals surface area (Å²) in [6, 6.07) is 4.42. The van der Waals surface area contributed by atoms with Crippen LogP contribution in [0.5, 0.6) is 0 Å². The average Bonchev–Trinajstić information content (AvgIpc) is 2.72. The number of terminal acetylenes is 1. The molecule has 0 saturated carbocycles. The summed E-state index contributed by atoms with van der Waals surface area (Å²) in [7, 11) is 0. The maximum Gasteiger partial charge on any atom is 0.408 e. The highest BCUT2D eigenvalue weighted by Crippen LogP contribution is 2.27. The Hall–Kier alpha value is -3.54. The molecule has 198 valence electrons. The summed E-state index contributed by atoms with van der Waals surface area (Å²) in [4.78, 5) is 53.2. The lowest BCUT2D eigenvalue weighted by Crippen LogP contribution is -2.55. The van der Waals surface area contributed by atoms with Gasteiger partial charge in [0, 0.05) is 17.6 Å². The standard InChI is InChI=1S/C27H40N4O5/c1-9-11-16-31(24(34)20(17-21(28)32)29-25(35)36-27(6,7)8)22(23(33)30-26(3,4)5)19-15-13-12-14-18(19)10-2/h2,12-15,20,22H,9,11,16-17H2,1,3-8H3,(H2,28,32)(H,29,35)(H,30,33). The van der Waals surface area contributed by atoms with Crippen LogP contribution in [0.25, 0.3) is 0 Å². The lowest BCUT2D eigenvalue weighted by molar-refractivity contribution is -0.144. The molecule has 9 heteroatoms. The van der Waals surface area contributed by atoms with Crippen molar-refractivity contribution in [3.63, 3.8) is 0 Å². The van der Waals surface area contributed by atoms with E-state index in [2.05, 4.69) is 16.6 Å². The minimum absolute atomic E-state index is 0.182. The Morgan fingerprint density at radius 2 is 1.72 bits per heavy atom. The Balaban J connectivity index is 3.60. The van der Waals surface area contributed by atoms with Crippen LogP contribution in [0.1, 0.15) is 84.9 Å². The number of hydrogen-bond donors (Lipinski definition) is 3. The molecule has 0 heterocycles. The summed E-state index contributed by atoms with van der Waals surface area (Å²) in [5, 5.41) is 5.39. The van der Waals surface area contributed by atoms with E-state index in [1.165, 1.54) is 4.90 Å². The second-order valence-electron chi connectivity index (χ2n) is 10.6. The number of nitrogens with two attached hydrogens (primary N) is 1. The Labute approximate surface area is 214 Å². The van der Waals surface area contributed by atoms with Gasteiger partial charge in [0.25, 0.3) is 0 Å². The van der Waals surface area contributed by atoms with Crippen LogP contribution < -0.4 is 16.4 Å². The number of alkyl carbamates (subject to hydrolysis) is 1. The van der Waals surface area contributed by atoms with Crippen molar-refractivity contribution in [3.8, 4) is 12.3 Å². The van der Waals surface area contributed by atoms with Crippen molar-refractivity contribution in [1.82, 2.24) is 15.5 Å². The van der Waals surface area contributed by atoms with E-state index in [0.717, 1.165) is 6.42 Å². The molecule has 0 aliphatic heterocycles. The van der Waals surface area contributed by atoms with Crippen molar-refractivity contribution >= 4 is 23.8 Å². The first-order chi connectivity index (χ1) is 16.6. The van der Waals surface area contributed by atoms with Crippen LogP contribution in [0.3, 0.4) is 0 Å². The van der Waals surface area contributed by atoms with Gasteiger partial charge in [0.05, 0.1) is 6.42 Å². The molecule has 0 fully saturated rings. The van der Waals surface area contributed by atoms with Gasteiger partial charge in [0.15, 0.2) is 0 Å². The highest BCUT2D eigenvalue weighted by Gasteiger charge is 2.38. The lowest BCUT2D eigenvalue weighted by atomic mass is 9.96. The quantitative estimate of drug-likeness (QED) is 0.425. The SMILES string of the molecule is C#Cc1ccccc1C(C(=O)NC(C)(C)C)N(CCCC)C(=O)C(CC(N)=O)NC(=O)OC(C)(C)C. The number of carbonyl (C=O) groups excluding carboxylic acids is 4. The number of nitrogens with zero attached hydrogens (tertiary/aromatic N) is 1. The van der Waals surface area contributed by atoms with Crippen molar-refractivity contribution in [2.45, 2.75) is 91.0 Å². The molecule has 4 N–H and O–H groups in total. The molecule has 0 saturated heterocycles. The molecule has 9 nitrogen and oxygen atoms in total. The fourth-order valence-electron chi connectivity index (χ4n) is 3.50. The minimum atomic E-state index is -1.34. The van der Waals surface area contributed by atoms with Crippen molar-refractivity contribution in [2.24, 2.45) is 5.73 Å². The van der Waals surface area contributed by atoms with Gasteiger partial charge in [0.1, 0.15) is 17.7 Å². The normalized spacial score (nSPS) is 13.1. The zero-order valence-corrected chi connectivity index (χ0v) is 22.4. The monoisotopic (exact) mass is 500 g/mol. The summed E-state index contributed by atoms with van der Waals surface area (Å²) >= 11 is 0. The maximum atomic E-state index is 13.9. The number of unbranched alkanes of at least 4 members (excludes halogenated alkanes) is 1. The van der Waals surface area contributed by atoms with Crippen LogP contribution >= 0.6 is 0 Å². The van der Waals surface area contributed by atoms with Gasteiger partial charge in [-0.3, -0.25) is 14.4 Å². The van der Waals surface area contributed by atoms with Gasteiger partial charge in [-0.05, 0) is 59.6 Å². The predicted octanol–water partition coefficient (Wildman–Crippen LogP) is 3.02. The molecule has 0 aliphatic carbocycles. The average molecular weight is 501 g/mol. The molecule has 36 heavy (non-hydrogen) atoms. The molecule has 0 spiro atoms. The van der Waals surface area contributed by atoms with Crippen molar-refractivity contribution < 1.29 is 23.9 Å². The molecule has 0 aromatic heterocycles. The Morgan fingerprint density at radius 3 is 2.22 bits per heavy atom. The number of nitrogens with one attached hydrogen (secondary N) is 2.